The van der Waals surface area contributed by atoms with Crippen molar-refractivity contribution < 1.29 is 4.42 Å². The molecule has 2 rings (SSSR count). The van der Waals surface area contributed by atoms with Gasteiger partial charge in [-0.05, 0) is 46.1 Å². The number of halogens is 1. The average Bonchev–Trinajstić information content (AvgIpc) is 2.66. The number of nitrogens with zero attached hydrogens (tertiary/aromatic N) is 1. The number of aromatic nitrogens is 1. The molecule has 2 heterocycles. The second-order valence-electron chi connectivity index (χ2n) is 3.54. The number of nitrogens with one attached hydrogen (secondary N) is 1. The van der Waals surface area contributed by atoms with Gasteiger partial charge in [-0.1, -0.05) is 6.07 Å². The SMILES string of the molecule is Cc1cncc(C(NN)c2ccc(Br)o2)c1. The Balaban J connectivity index is 2.36. The topological polar surface area (TPSA) is 64.1 Å². The summed E-state index contributed by atoms with van der Waals surface area (Å²) in [6, 6.07) is 5.55. The maximum atomic E-state index is 5.54. The lowest BCUT2D eigenvalue weighted by molar-refractivity contribution is 0.437. The third kappa shape index (κ3) is 2.32. The van der Waals surface area contributed by atoms with Gasteiger partial charge in [-0.15, -0.1) is 0 Å². The van der Waals surface area contributed by atoms with Crippen molar-refractivity contribution in [1.29, 1.82) is 0 Å². The van der Waals surface area contributed by atoms with Gasteiger partial charge < -0.3 is 4.42 Å². The fraction of sp³-hybridized carbons (Fsp3) is 0.182. The van der Waals surface area contributed by atoms with Crippen LogP contribution in [0.5, 0.6) is 0 Å². The molecule has 1 atom stereocenters. The Bertz CT molecular complexity index is 484. The maximum absolute atomic E-state index is 5.54. The number of nitrogens with two attached hydrogens (primary N) is 1. The molecule has 0 aliphatic carbocycles. The average molecular weight is 282 g/mol. The minimum atomic E-state index is -0.182. The van der Waals surface area contributed by atoms with Crippen LogP contribution in [0.25, 0.3) is 0 Å². The first kappa shape index (κ1) is 11.3. The Hall–Kier alpha value is -1.17. The van der Waals surface area contributed by atoms with Crippen LogP contribution < -0.4 is 11.3 Å². The minimum Gasteiger partial charge on any atom is -0.452 e. The zero-order valence-electron chi connectivity index (χ0n) is 8.77. The van der Waals surface area contributed by atoms with E-state index in [0.717, 1.165) is 16.9 Å². The van der Waals surface area contributed by atoms with Crippen molar-refractivity contribution in [1.82, 2.24) is 10.4 Å². The third-order valence-electron chi connectivity index (χ3n) is 2.27. The number of hydrazine groups is 1. The summed E-state index contributed by atoms with van der Waals surface area (Å²) in [5.74, 6) is 6.29. The number of pyridine rings is 1. The minimum absolute atomic E-state index is 0.182. The Kier molecular flexibility index (Phi) is 3.38. The molecule has 3 N–H and O–H groups in total. The molecule has 0 aliphatic heterocycles. The van der Waals surface area contributed by atoms with Crippen molar-refractivity contribution >= 4 is 15.9 Å². The van der Waals surface area contributed by atoms with E-state index in [4.69, 9.17) is 10.3 Å². The van der Waals surface area contributed by atoms with E-state index in [9.17, 15) is 0 Å². The highest BCUT2D eigenvalue weighted by Gasteiger charge is 2.16. The first-order chi connectivity index (χ1) is 7.70. The van der Waals surface area contributed by atoms with Crippen LogP contribution >= 0.6 is 15.9 Å². The first-order valence-corrected chi connectivity index (χ1v) is 5.63. The number of hydrogen-bond acceptors (Lipinski definition) is 4. The van der Waals surface area contributed by atoms with Crippen LogP contribution in [0.3, 0.4) is 0 Å². The van der Waals surface area contributed by atoms with E-state index in [1.54, 1.807) is 12.4 Å². The highest BCUT2D eigenvalue weighted by atomic mass is 79.9. The zero-order valence-corrected chi connectivity index (χ0v) is 10.4. The largest absolute Gasteiger partial charge is 0.452 e. The van der Waals surface area contributed by atoms with Crippen LogP contribution in [0, 0.1) is 6.92 Å². The number of furan rings is 1. The van der Waals surface area contributed by atoms with Crippen LogP contribution in [-0.4, -0.2) is 4.98 Å². The van der Waals surface area contributed by atoms with Crippen molar-refractivity contribution in [2.75, 3.05) is 0 Å². The molecule has 0 saturated heterocycles. The van der Waals surface area contributed by atoms with Gasteiger partial charge in [0.25, 0.3) is 0 Å². The van der Waals surface area contributed by atoms with E-state index in [1.807, 2.05) is 25.1 Å². The Morgan fingerprint density at radius 2 is 2.25 bits per heavy atom. The first-order valence-electron chi connectivity index (χ1n) is 4.83. The van der Waals surface area contributed by atoms with Crippen molar-refractivity contribution in [2.45, 2.75) is 13.0 Å². The van der Waals surface area contributed by atoms with Gasteiger partial charge in [-0.2, -0.15) is 0 Å². The smallest absolute Gasteiger partial charge is 0.169 e. The molecule has 0 saturated carbocycles. The standard InChI is InChI=1S/C11H12BrN3O/c1-7-4-8(6-14-5-7)11(15-13)9-2-3-10(12)16-9/h2-6,11,15H,13H2,1H3. The number of rotatable bonds is 3. The maximum Gasteiger partial charge on any atom is 0.169 e. The summed E-state index contributed by atoms with van der Waals surface area (Å²) in [4.78, 5) is 4.14. The van der Waals surface area contributed by atoms with Crippen molar-refractivity contribution in [2.24, 2.45) is 5.84 Å². The van der Waals surface area contributed by atoms with Crippen LogP contribution in [0.2, 0.25) is 0 Å². The molecule has 0 aliphatic rings. The quantitative estimate of drug-likeness (QED) is 0.669. The molecule has 1 unspecified atom stereocenters. The van der Waals surface area contributed by atoms with E-state index in [2.05, 4.69) is 26.3 Å². The van der Waals surface area contributed by atoms with Gasteiger partial charge in [0.05, 0.1) is 0 Å². The van der Waals surface area contributed by atoms with Gasteiger partial charge in [-0.25, -0.2) is 5.43 Å². The monoisotopic (exact) mass is 281 g/mol. The van der Waals surface area contributed by atoms with E-state index in [1.165, 1.54) is 0 Å². The van der Waals surface area contributed by atoms with Gasteiger partial charge in [0.15, 0.2) is 4.67 Å². The summed E-state index contributed by atoms with van der Waals surface area (Å²) in [6.45, 7) is 1.99. The second-order valence-corrected chi connectivity index (χ2v) is 4.32. The van der Waals surface area contributed by atoms with E-state index >= 15 is 0 Å². The van der Waals surface area contributed by atoms with E-state index < -0.39 is 0 Å². The molecule has 2 aromatic rings. The molecule has 16 heavy (non-hydrogen) atoms. The van der Waals surface area contributed by atoms with Gasteiger partial charge >= 0.3 is 0 Å². The van der Waals surface area contributed by atoms with Crippen molar-refractivity contribution in [3.63, 3.8) is 0 Å². The molecule has 0 radical (unpaired) electrons. The summed E-state index contributed by atoms with van der Waals surface area (Å²) in [5, 5.41) is 0. The highest BCUT2D eigenvalue weighted by Crippen LogP contribution is 2.25. The predicted molar refractivity (Wildman–Crippen MR) is 64.5 cm³/mol. The van der Waals surface area contributed by atoms with E-state index in [-0.39, 0.29) is 6.04 Å². The summed E-state index contributed by atoms with van der Waals surface area (Å²) in [5.41, 5.74) is 4.78. The Morgan fingerprint density at radius 3 is 2.81 bits per heavy atom. The van der Waals surface area contributed by atoms with Crippen LogP contribution in [0.15, 0.2) is 39.7 Å². The molecule has 5 heteroatoms. The Labute approximate surface area is 102 Å². The Morgan fingerprint density at radius 1 is 1.44 bits per heavy atom. The van der Waals surface area contributed by atoms with Gasteiger partial charge in [-0.3, -0.25) is 10.8 Å². The predicted octanol–water partition coefficient (Wildman–Crippen LogP) is 2.30. The molecule has 0 spiro atoms. The summed E-state index contributed by atoms with van der Waals surface area (Å²) in [7, 11) is 0. The van der Waals surface area contributed by atoms with Crippen LogP contribution in [0.4, 0.5) is 0 Å². The van der Waals surface area contributed by atoms with Crippen molar-refractivity contribution in [3.05, 3.63) is 52.1 Å². The fourth-order valence-corrected chi connectivity index (χ4v) is 1.88. The fourth-order valence-electron chi connectivity index (χ4n) is 1.56. The lowest BCUT2D eigenvalue weighted by Gasteiger charge is -2.13. The van der Waals surface area contributed by atoms with Gasteiger partial charge in [0, 0.05) is 12.4 Å². The van der Waals surface area contributed by atoms with Crippen LogP contribution in [-0.2, 0) is 0 Å². The lowest BCUT2D eigenvalue weighted by atomic mass is 10.1. The molecule has 84 valence electrons. The van der Waals surface area contributed by atoms with E-state index in [0.29, 0.717) is 4.67 Å². The molecule has 0 amide bonds. The lowest BCUT2D eigenvalue weighted by Crippen LogP contribution is -2.28. The molecular weight excluding hydrogens is 270 g/mol. The summed E-state index contributed by atoms with van der Waals surface area (Å²) in [6.07, 6.45) is 3.57. The third-order valence-corrected chi connectivity index (χ3v) is 2.70. The molecule has 2 aromatic heterocycles. The normalized spacial score (nSPS) is 12.7. The second kappa shape index (κ2) is 4.78. The highest BCUT2D eigenvalue weighted by molar-refractivity contribution is 9.10. The van der Waals surface area contributed by atoms with Gasteiger partial charge in [0.2, 0.25) is 0 Å². The molecule has 4 nitrogen and oxygen atoms in total. The number of hydrogen-bond donors (Lipinski definition) is 2. The number of aryl methyl sites for hydroxylation is 1. The summed E-state index contributed by atoms with van der Waals surface area (Å²) >= 11 is 3.27. The van der Waals surface area contributed by atoms with Gasteiger partial charge in [0.1, 0.15) is 11.8 Å². The summed E-state index contributed by atoms with van der Waals surface area (Å²) < 4.78 is 6.16. The molecular formula is C11H12BrN3O. The van der Waals surface area contributed by atoms with Crippen molar-refractivity contribution in [3.8, 4) is 0 Å². The van der Waals surface area contributed by atoms with Crippen LogP contribution in [0.1, 0.15) is 22.9 Å². The molecule has 0 fully saturated rings. The molecule has 0 bridgehead atoms. The zero-order chi connectivity index (χ0) is 11.5. The molecule has 0 aromatic carbocycles.